The van der Waals surface area contributed by atoms with Crippen molar-refractivity contribution >= 4 is 16.8 Å². The fourth-order valence-corrected chi connectivity index (χ4v) is 4.47. The summed E-state index contributed by atoms with van der Waals surface area (Å²) in [5, 5.41) is 3.82. The molecule has 2 heterocycles. The highest BCUT2D eigenvalue weighted by atomic mass is 19.1. The third-order valence-electron chi connectivity index (χ3n) is 6.17. The molecular weight excluding hydrogens is 446 g/mol. The van der Waals surface area contributed by atoms with E-state index in [1.165, 1.54) is 18.2 Å². The van der Waals surface area contributed by atoms with Crippen molar-refractivity contribution in [3.05, 3.63) is 131 Å². The van der Waals surface area contributed by atoms with Crippen molar-refractivity contribution in [1.29, 1.82) is 0 Å². The number of para-hydroxylation sites is 1. The molecule has 0 fully saturated rings. The van der Waals surface area contributed by atoms with Gasteiger partial charge < -0.3 is 14.3 Å². The minimum absolute atomic E-state index is 0.0756. The summed E-state index contributed by atoms with van der Waals surface area (Å²) in [4.78, 5) is 13.0. The van der Waals surface area contributed by atoms with Crippen molar-refractivity contribution in [3.8, 4) is 0 Å². The Kier molecular flexibility index (Phi) is 6.44. The Morgan fingerprint density at radius 3 is 2.43 bits per heavy atom. The van der Waals surface area contributed by atoms with Crippen LogP contribution in [0.2, 0.25) is 0 Å². The summed E-state index contributed by atoms with van der Waals surface area (Å²) in [6, 6.07) is 24.4. The average molecular weight is 471 g/mol. The number of halogens is 2. The molecule has 3 aromatic carbocycles. The van der Waals surface area contributed by atoms with Crippen LogP contribution in [0.15, 0.2) is 102 Å². The van der Waals surface area contributed by atoms with Gasteiger partial charge in [0, 0.05) is 36.0 Å². The molecule has 0 saturated carbocycles. The number of nitrogens with one attached hydrogen (secondary N) is 1. The fourth-order valence-electron chi connectivity index (χ4n) is 4.47. The summed E-state index contributed by atoms with van der Waals surface area (Å²) < 4.78 is 35.8. The lowest BCUT2D eigenvalue weighted by molar-refractivity contribution is -0.121. The van der Waals surface area contributed by atoms with Crippen LogP contribution in [0, 0.1) is 11.6 Å². The van der Waals surface area contributed by atoms with Gasteiger partial charge in [-0.2, -0.15) is 0 Å². The van der Waals surface area contributed by atoms with Gasteiger partial charge >= 0.3 is 0 Å². The number of hydrogen-bond acceptors (Lipinski definition) is 2. The van der Waals surface area contributed by atoms with E-state index in [1.807, 2.05) is 30.5 Å². The minimum atomic E-state index is -0.493. The molecule has 0 bridgehead atoms. The molecule has 0 aliphatic heterocycles. The molecule has 1 N–H and O–H groups in total. The molecule has 1 amide bonds. The topological polar surface area (TPSA) is 47.2 Å². The molecular formula is C29H24F2N2O2. The largest absolute Gasteiger partial charge is 0.467 e. The molecule has 35 heavy (non-hydrogen) atoms. The highest BCUT2D eigenvalue weighted by molar-refractivity contribution is 5.86. The van der Waals surface area contributed by atoms with Gasteiger partial charge in [0.25, 0.3) is 0 Å². The molecule has 5 aromatic rings. The number of furan rings is 1. The predicted octanol–water partition coefficient (Wildman–Crippen LogP) is 6.40. The number of benzene rings is 3. The van der Waals surface area contributed by atoms with E-state index in [4.69, 9.17) is 4.42 Å². The highest BCUT2D eigenvalue weighted by Gasteiger charge is 2.25. The molecule has 6 heteroatoms. The van der Waals surface area contributed by atoms with Crippen LogP contribution >= 0.6 is 0 Å². The summed E-state index contributed by atoms with van der Waals surface area (Å²) >= 11 is 0. The molecule has 4 nitrogen and oxygen atoms in total. The Morgan fingerprint density at radius 2 is 1.66 bits per heavy atom. The van der Waals surface area contributed by atoms with Crippen LogP contribution < -0.4 is 5.32 Å². The van der Waals surface area contributed by atoms with Gasteiger partial charge in [0.05, 0.1) is 12.8 Å². The SMILES string of the molecule is O=C(CC(c1ccccc1F)c1cn(Cc2ccc(F)cc2)c2ccccc12)NCc1ccco1. The zero-order valence-electron chi connectivity index (χ0n) is 19.0. The van der Waals surface area contributed by atoms with Gasteiger partial charge in [-0.25, -0.2) is 8.78 Å². The monoisotopic (exact) mass is 470 g/mol. The second kappa shape index (κ2) is 9.97. The molecule has 1 atom stereocenters. The number of fused-ring (bicyclic) bond motifs is 1. The van der Waals surface area contributed by atoms with E-state index in [0.717, 1.165) is 22.0 Å². The summed E-state index contributed by atoms with van der Waals surface area (Å²) in [6.07, 6.45) is 3.61. The predicted molar refractivity (Wildman–Crippen MR) is 131 cm³/mol. The normalized spacial score (nSPS) is 12.1. The maximum Gasteiger partial charge on any atom is 0.221 e. The molecule has 5 rings (SSSR count). The van der Waals surface area contributed by atoms with Crippen LogP contribution in [0.4, 0.5) is 8.78 Å². The molecule has 176 valence electrons. The number of hydrogen-bond donors (Lipinski definition) is 1. The second-order valence-corrected chi connectivity index (χ2v) is 8.49. The van der Waals surface area contributed by atoms with Crippen LogP contribution in [0.3, 0.4) is 0 Å². The Bertz CT molecular complexity index is 1440. The van der Waals surface area contributed by atoms with Gasteiger partial charge in [0.2, 0.25) is 5.91 Å². The Morgan fingerprint density at radius 1 is 0.886 bits per heavy atom. The Hall–Kier alpha value is -4.19. The summed E-state index contributed by atoms with van der Waals surface area (Å²) in [5.74, 6) is -0.687. The molecule has 0 radical (unpaired) electrons. The maximum absolute atomic E-state index is 15.0. The van der Waals surface area contributed by atoms with E-state index >= 15 is 0 Å². The third-order valence-corrected chi connectivity index (χ3v) is 6.17. The number of nitrogens with zero attached hydrogens (tertiary/aromatic N) is 1. The second-order valence-electron chi connectivity index (χ2n) is 8.49. The maximum atomic E-state index is 15.0. The Balaban J connectivity index is 1.52. The first-order chi connectivity index (χ1) is 17.1. The molecule has 0 saturated heterocycles. The first kappa shape index (κ1) is 22.6. The fraction of sp³-hybridized carbons (Fsp3) is 0.138. The number of aromatic nitrogens is 1. The van der Waals surface area contributed by atoms with Crippen molar-refractivity contribution in [1.82, 2.24) is 9.88 Å². The zero-order valence-corrected chi connectivity index (χ0v) is 19.0. The first-order valence-corrected chi connectivity index (χ1v) is 11.4. The van der Waals surface area contributed by atoms with Crippen molar-refractivity contribution < 1.29 is 18.0 Å². The minimum Gasteiger partial charge on any atom is -0.467 e. The third kappa shape index (κ3) is 5.01. The van der Waals surface area contributed by atoms with Gasteiger partial charge in [-0.15, -0.1) is 0 Å². The number of rotatable bonds is 8. The number of amides is 1. The first-order valence-electron chi connectivity index (χ1n) is 11.4. The van der Waals surface area contributed by atoms with Gasteiger partial charge in [-0.1, -0.05) is 48.5 Å². The number of carbonyl (C=O) groups is 1. The van der Waals surface area contributed by atoms with Crippen molar-refractivity contribution in [2.45, 2.75) is 25.4 Å². The van der Waals surface area contributed by atoms with Crippen molar-refractivity contribution in [2.24, 2.45) is 0 Å². The molecule has 2 aromatic heterocycles. The molecule has 0 aliphatic rings. The smallest absolute Gasteiger partial charge is 0.221 e. The van der Waals surface area contributed by atoms with E-state index in [1.54, 1.807) is 48.7 Å². The van der Waals surface area contributed by atoms with E-state index in [2.05, 4.69) is 9.88 Å². The lowest BCUT2D eigenvalue weighted by Gasteiger charge is -2.18. The van der Waals surface area contributed by atoms with E-state index in [0.29, 0.717) is 17.9 Å². The average Bonchev–Trinajstić information content (AvgIpc) is 3.52. The van der Waals surface area contributed by atoms with Crippen LogP contribution in [0.5, 0.6) is 0 Å². The molecule has 1 unspecified atom stereocenters. The van der Waals surface area contributed by atoms with Crippen LogP contribution in [-0.4, -0.2) is 10.5 Å². The van der Waals surface area contributed by atoms with E-state index < -0.39 is 5.92 Å². The van der Waals surface area contributed by atoms with Gasteiger partial charge in [-0.05, 0) is 53.1 Å². The summed E-state index contributed by atoms with van der Waals surface area (Å²) in [6.45, 7) is 0.789. The van der Waals surface area contributed by atoms with Crippen LogP contribution in [-0.2, 0) is 17.9 Å². The van der Waals surface area contributed by atoms with Crippen LogP contribution in [0.25, 0.3) is 10.9 Å². The standard InChI is InChI=1S/C29H24F2N2O2/c30-21-13-11-20(12-14-21)18-33-19-26(24-8-2-4-10-28(24)33)25(23-7-1-3-9-27(23)31)16-29(34)32-17-22-6-5-15-35-22/h1-15,19,25H,16-18H2,(H,32,34). The molecule has 0 spiro atoms. The lowest BCUT2D eigenvalue weighted by Crippen LogP contribution is -2.25. The Labute approximate surface area is 201 Å². The summed E-state index contributed by atoms with van der Waals surface area (Å²) in [5.41, 5.74) is 3.23. The lowest BCUT2D eigenvalue weighted by atomic mass is 9.87. The molecule has 0 aliphatic carbocycles. The van der Waals surface area contributed by atoms with Gasteiger partial charge in [0.15, 0.2) is 0 Å². The van der Waals surface area contributed by atoms with Gasteiger partial charge in [-0.3, -0.25) is 4.79 Å². The van der Waals surface area contributed by atoms with Gasteiger partial charge in [0.1, 0.15) is 17.4 Å². The number of carbonyl (C=O) groups excluding carboxylic acids is 1. The van der Waals surface area contributed by atoms with Crippen LogP contribution in [0.1, 0.15) is 34.8 Å². The summed E-state index contributed by atoms with van der Waals surface area (Å²) in [7, 11) is 0. The zero-order chi connectivity index (χ0) is 24.2. The quantitative estimate of drug-likeness (QED) is 0.285. The van der Waals surface area contributed by atoms with Crippen molar-refractivity contribution in [3.63, 3.8) is 0 Å². The van der Waals surface area contributed by atoms with Crippen molar-refractivity contribution in [2.75, 3.05) is 0 Å². The van der Waals surface area contributed by atoms with E-state index in [-0.39, 0.29) is 30.5 Å². The highest BCUT2D eigenvalue weighted by Crippen LogP contribution is 2.36. The van der Waals surface area contributed by atoms with E-state index in [9.17, 15) is 13.6 Å².